The molecule has 9 heteroatoms. The highest BCUT2D eigenvalue weighted by atomic mass is 32.2. The zero-order chi connectivity index (χ0) is 21.7. The van der Waals surface area contributed by atoms with E-state index in [2.05, 4.69) is 26.7 Å². The van der Waals surface area contributed by atoms with Crippen LogP contribution in [-0.4, -0.2) is 53.2 Å². The summed E-state index contributed by atoms with van der Waals surface area (Å²) in [7, 11) is -1.84. The number of methoxy groups -OCH3 is 1. The first-order valence-electron chi connectivity index (χ1n) is 10.2. The van der Waals surface area contributed by atoms with E-state index in [1.54, 1.807) is 30.8 Å². The number of sulfonamides is 1. The lowest BCUT2D eigenvalue weighted by Crippen LogP contribution is -3.15. The topological polar surface area (TPSA) is 76.0 Å². The fourth-order valence-electron chi connectivity index (χ4n) is 3.95. The molecule has 1 unspecified atom stereocenters. The van der Waals surface area contributed by atoms with Crippen LogP contribution in [0, 0.1) is 0 Å². The third kappa shape index (κ3) is 5.24. The lowest BCUT2D eigenvalue weighted by atomic mass is 10.1. The molecule has 4 rings (SSSR count). The van der Waals surface area contributed by atoms with Crippen LogP contribution in [0.5, 0.6) is 5.75 Å². The van der Waals surface area contributed by atoms with Gasteiger partial charge in [0, 0.05) is 23.6 Å². The van der Waals surface area contributed by atoms with Crippen molar-refractivity contribution in [3.63, 3.8) is 0 Å². The van der Waals surface area contributed by atoms with E-state index in [4.69, 9.17) is 4.74 Å². The molecule has 2 aromatic heterocycles. The first-order valence-corrected chi connectivity index (χ1v) is 12.6. The molecule has 1 atom stereocenters. The third-order valence-corrected chi connectivity index (χ3v) is 8.48. The number of benzene rings is 1. The van der Waals surface area contributed by atoms with Crippen molar-refractivity contribution in [3.05, 3.63) is 71.9 Å². The van der Waals surface area contributed by atoms with E-state index >= 15 is 0 Å². The summed E-state index contributed by atoms with van der Waals surface area (Å²) in [4.78, 5) is 7.98. The van der Waals surface area contributed by atoms with Crippen molar-refractivity contribution in [2.45, 2.75) is 10.3 Å². The smallest absolute Gasteiger partial charge is 0.250 e. The fraction of sp³-hybridized carbons (Fsp3) is 0.318. The Kier molecular flexibility index (Phi) is 6.86. The van der Waals surface area contributed by atoms with Crippen molar-refractivity contribution in [2.24, 2.45) is 0 Å². The van der Waals surface area contributed by atoms with Gasteiger partial charge in [0.25, 0.3) is 0 Å². The van der Waals surface area contributed by atoms with Crippen LogP contribution in [-0.2, 0) is 10.0 Å². The van der Waals surface area contributed by atoms with Gasteiger partial charge in [-0.1, -0.05) is 6.07 Å². The molecule has 0 amide bonds. The maximum absolute atomic E-state index is 12.7. The molecule has 0 saturated carbocycles. The van der Waals surface area contributed by atoms with Crippen LogP contribution in [0.25, 0.3) is 0 Å². The minimum absolute atomic E-state index is 0.00135. The average molecular weight is 460 g/mol. The average Bonchev–Trinajstić information content (AvgIpc) is 3.37. The number of quaternary nitrogens is 1. The maximum atomic E-state index is 12.7. The minimum Gasteiger partial charge on any atom is -0.497 e. The van der Waals surface area contributed by atoms with Crippen LogP contribution in [0.15, 0.2) is 70.5 Å². The molecule has 0 spiro atoms. The van der Waals surface area contributed by atoms with E-state index < -0.39 is 10.0 Å². The quantitative estimate of drug-likeness (QED) is 0.535. The molecule has 1 saturated heterocycles. The predicted molar refractivity (Wildman–Crippen MR) is 122 cm³/mol. The number of rotatable bonds is 8. The van der Waals surface area contributed by atoms with Gasteiger partial charge >= 0.3 is 0 Å². The predicted octanol–water partition coefficient (Wildman–Crippen LogP) is 1.58. The molecule has 1 fully saturated rings. The Morgan fingerprint density at radius 2 is 1.94 bits per heavy atom. The van der Waals surface area contributed by atoms with Gasteiger partial charge in [-0.05, 0) is 47.8 Å². The van der Waals surface area contributed by atoms with Gasteiger partial charge in [-0.2, -0.15) is 0 Å². The lowest BCUT2D eigenvalue weighted by molar-refractivity contribution is -0.930. The summed E-state index contributed by atoms with van der Waals surface area (Å²) >= 11 is 1.23. The number of hydrogen-bond donors (Lipinski definition) is 2. The largest absolute Gasteiger partial charge is 0.497 e. The van der Waals surface area contributed by atoms with Crippen LogP contribution in [0.2, 0.25) is 0 Å². The molecule has 0 aliphatic carbocycles. The van der Waals surface area contributed by atoms with Gasteiger partial charge in [0.15, 0.2) is 0 Å². The Hall–Kier alpha value is -2.46. The SMILES string of the molecule is COc1ccc(N2CC[NH+](C(CNS(=O)(=O)c3cccs3)c3cccnc3)CC2)cc1. The van der Waals surface area contributed by atoms with E-state index in [0.29, 0.717) is 10.8 Å². The van der Waals surface area contributed by atoms with Crippen LogP contribution >= 0.6 is 11.3 Å². The van der Waals surface area contributed by atoms with Gasteiger partial charge in [0.1, 0.15) is 16.0 Å². The molecule has 1 aromatic carbocycles. The van der Waals surface area contributed by atoms with Crippen LogP contribution in [0.1, 0.15) is 11.6 Å². The number of piperazine rings is 1. The Balaban J connectivity index is 1.45. The highest BCUT2D eigenvalue weighted by Gasteiger charge is 2.30. The van der Waals surface area contributed by atoms with Gasteiger partial charge in [0.05, 0.1) is 39.8 Å². The molecule has 7 nitrogen and oxygen atoms in total. The zero-order valence-corrected chi connectivity index (χ0v) is 19.0. The first kappa shape index (κ1) is 21.8. The summed E-state index contributed by atoms with van der Waals surface area (Å²) in [6.07, 6.45) is 3.58. The van der Waals surface area contributed by atoms with Gasteiger partial charge in [-0.3, -0.25) is 4.98 Å². The van der Waals surface area contributed by atoms with Crippen molar-refractivity contribution in [3.8, 4) is 5.75 Å². The second kappa shape index (κ2) is 9.78. The fourth-order valence-corrected chi connectivity index (χ4v) is 6.04. The van der Waals surface area contributed by atoms with E-state index in [9.17, 15) is 8.42 Å². The van der Waals surface area contributed by atoms with Gasteiger partial charge < -0.3 is 14.5 Å². The standard InChI is InChI=1S/C22H26N4O3S2/c1-29-20-8-6-19(7-9-20)25-11-13-26(14-12-25)21(18-4-2-10-23-16-18)17-24-31(27,28)22-5-3-15-30-22/h2-10,15-16,21,24H,11-14,17H2,1H3/p+1. The van der Waals surface area contributed by atoms with Gasteiger partial charge in [-0.25, -0.2) is 13.1 Å². The monoisotopic (exact) mass is 459 g/mol. The number of anilines is 1. The minimum atomic E-state index is -3.51. The van der Waals surface area contributed by atoms with E-state index in [0.717, 1.165) is 37.5 Å². The molecule has 1 aliphatic heterocycles. The van der Waals surface area contributed by atoms with Crippen molar-refractivity contribution in [1.82, 2.24) is 9.71 Å². The van der Waals surface area contributed by atoms with Crippen LogP contribution in [0.4, 0.5) is 5.69 Å². The normalized spacial score (nSPS) is 16.2. The number of ether oxygens (including phenoxy) is 1. The Morgan fingerprint density at radius 1 is 1.16 bits per heavy atom. The molecular formula is C22H27N4O3S2+. The maximum Gasteiger partial charge on any atom is 0.250 e. The summed E-state index contributed by atoms with van der Waals surface area (Å²) in [6.45, 7) is 3.95. The molecule has 0 bridgehead atoms. The van der Waals surface area contributed by atoms with Gasteiger partial charge in [-0.15, -0.1) is 11.3 Å². The Morgan fingerprint density at radius 3 is 2.55 bits per heavy atom. The molecule has 1 aliphatic rings. The molecular weight excluding hydrogens is 432 g/mol. The van der Waals surface area contributed by atoms with Crippen molar-refractivity contribution < 1.29 is 18.1 Å². The van der Waals surface area contributed by atoms with Crippen LogP contribution in [0.3, 0.4) is 0 Å². The second-order valence-corrected chi connectivity index (χ2v) is 10.4. The number of thiophene rings is 1. The van der Waals surface area contributed by atoms with E-state index in [1.165, 1.54) is 21.9 Å². The van der Waals surface area contributed by atoms with Crippen molar-refractivity contribution in [2.75, 3.05) is 44.7 Å². The molecule has 2 N–H and O–H groups in total. The highest BCUT2D eigenvalue weighted by molar-refractivity contribution is 7.91. The molecule has 3 aromatic rings. The lowest BCUT2D eigenvalue weighted by Gasteiger charge is -2.37. The number of hydrogen-bond acceptors (Lipinski definition) is 6. The van der Waals surface area contributed by atoms with E-state index in [-0.39, 0.29) is 6.04 Å². The Bertz CT molecular complexity index is 1050. The summed E-state index contributed by atoms with van der Waals surface area (Å²) in [5, 5.41) is 1.77. The summed E-state index contributed by atoms with van der Waals surface area (Å²) in [5.41, 5.74) is 2.22. The molecule has 0 radical (unpaired) electrons. The van der Waals surface area contributed by atoms with Crippen LogP contribution < -0.4 is 19.3 Å². The molecule has 164 valence electrons. The third-order valence-electron chi connectivity index (χ3n) is 5.66. The first-order chi connectivity index (χ1) is 15.1. The summed E-state index contributed by atoms with van der Waals surface area (Å²) < 4.78 is 33.7. The van der Waals surface area contributed by atoms with Gasteiger partial charge in [0.2, 0.25) is 10.0 Å². The molecule has 3 heterocycles. The number of nitrogens with one attached hydrogen (secondary N) is 2. The second-order valence-electron chi connectivity index (χ2n) is 7.47. The molecule has 31 heavy (non-hydrogen) atoms. The zero-order valence-electron chi connectivity index (χ0n) is 17.4. The number of nitrogens with zero attached hydrogens (tertiary/aromatic N) is 2. The summed E-state index contributed by atoms with van der Waals surface area (Å²) in [5.74, 6) is 0.850. The van der Waals surface area contributed by atoms with Crippen molar-refractivity contribution in [1.29, 1.82) is 0 Å². The number of pyridine rings is 1. The Labute approximate surface area is 187 Å². The van der Waals surface area contributed by atoms with Crippen molar-refractivity contribution >= 4 is 27.0 Å². The summed E-state index contributed by atoms with van der Waals surface area (Å²) in [6, 6.07) is 15.4. The van der Waals surface area contributed by atoms with E-state index in [1.807, 2.05) is 30.5 Å². The number of aromatic nitrogens is 1. The highest BCUT2D eigenvalue weighted by Crippen LogP contribution is 2.20.